The van der Waals surface area contributed by atoms with Crippen molar-refractivity contribution in [1.82, 2.24) is 10.2 Å². The van der Waals surface area contributed by atoms with E-state index in [9.17, 15) is 14.7 Å². The van der Waals surface area contributed by atoms with Crippen molar-refractivity contribution < 1.29 is 14.7 Å². The van der Waals surface area contributed by atoms with Crippen LogP contribution >= 0.6 is 0 Å². The van der Waals surface area contributed by atoms with Gasteiger partial charge in [-0.25, -0.2) is 9.59 Å². The van der Waals surface area contributed by atoms with Crippen LogP contribution in [0, 0.1) is 11.8 Å². The maximum Gasteiger partial charge on any atom is 0.326 e. The Kier molecular flexibility index (Phi) is 3.89. The first-order valence-corrected chi connectivity index (χ1v) is 6.53. The van der Waals surface area contributed by atoms with E-state index in [-0.39, 0.29) is 11.9 Å². The zero-order valence-electron chi connectivity index (χ0n) is 10.5. The van der Waals surface area contributed by atoms with Gasteiger partial charge in [-0.3, -0.25) is 0 Å². The average molecular weight is 252 g/mol. The smallest absolute Gasteiger partial charge is 0.326 e. The molecule has 0 radical (unpaired) electrons. The van der Waals surface area contributed by atoms with Crippen molar-refractivity contribution in [3.63, 3.8) is 0 Å². The Morgan fingerprint density at radius 3 is 2.89 bits per heavy atom. The monoisotopic (exact) mass is 252 g/mol. The lowest BCUT2D eigenvalue weighted by Crippen LogP contribution is -2.48. The molecule has 18 heavy (non-hydrogen) atoms. The van der Waals surface area contributed by atoms with Crippen LogP contribution < -0.4 is 5.32 Å². The summed E-state index contributed by atoms with van der Waals surface area (Å²) in [6.07, 6.45) is 5.49. The van der Waals surface area contributed by atoms with Crippen LogP contribution in [0.4, 0.5) is 4.79 Å². The Morgan fingerprint density at radius 2 is 2.22 bits per heavy atom. The summed E-state index contributed by atoms with van der Waals surface area (Å²) in [5.41, 5.74) is 0. The Hall–Kier alpha value is -1.52. The third-order valence-corrected chi connectivity index (χ3v) is 4.03. The fraction of sp³-hybridized carbons (Fsp3) is 0.692. The largest absolute Gasteiger partial charge is 0.480 e. The minimum absolute atomic E-state index is 0.146. The minimum Gasteiger partial charge on any atom is -0.480 e. The van der Waals surface area contributed by atoms with Gasteiger partial charge in [0, 0.05) is 13.1 Å². The molecule has 2 fully saturated rings. The predicted octanol–water partition coefficient (Wildman–Crippen LogP) is 1.46. The molecule has 2 N–H and O–H groups in total. The van der Waals surface area contributed by atoms with E-state index in [1.807, 2.05) is 0 Å². The first kappa shape index (κ1) is 12.9. The summed E-state index contributed by atoms with van der Waals surface area (Å²) >= 11 is 0. The van der Waals surface area contributed by atoms with Gasteiger partial charge in [0.2, 0.25) is 0 Å². The molecule has 5 heteroatoms. The van der Waals surface area contributed by atoms with E-state index in [0.717, 1.165) is 19.3 Å². The number of fused-ring (bicyclic) bond motifs is 1. The molecule has 1 saturated heterocycles. The van der Waals surface area contributed by atoms with E-state index in [4.69, 9.17) is 0 Å². The van der Waals surface area contributed by atoms with Crippen LogP contribution in [-0.4, -0.2) is 41.1 Å². The number of urea groups is 1. The predicted molar refractivity (Wildman–Crippen MR) is 67.2 cm³/mol. The van der Waals surface area contributed by atoms with Crippen molar-refractivity contribution in [2.75, 3.05) is 13.1 Å². The molecule has 5 nitrogen and oxygen atoms in total. The molecule has 0 bridgehead atoms. The summed E-state index contributed by atoms with van der Waals surface area (Å²) in [7, 11) is 0. The van der Waals surface area contributed by atoms with Crippen LogP contribution in [0.15, 0.2) is 12.7 Å². The molecule has 100 valence electrons. The zero-order chi connectivity index (χ0) is 13.1. The normalized spacial score (nSPS) is 30.0. The molecule has 0 aromatic rings. The number of carbonyl (C=O) groups excluding carboxylic acids is 1. The molecule has 2 rings (SSSR count). The summed E-state index contributed by atoms with van der Waals surface area (Å²) < 4.78 is 0. The molecule has 0 aromatic heterocycles. The second kappa shape index (κ2) is 5.42. The number of carboxylic acids is 1. The fourth-order valence-electron chi connectivity index (χ4n) is 3.21. The molecule has 1 aliphatic heterocycles. The molecular formula is C13H20N2O3. The second-order valence-electron chi connectivity index (χ2n) is 5.10. The van der Waals surface area contributed by atoms with Crippen LogP contribution in [-0.2, 0) is 4.79 Å². The fourth-order valence-corrected chi connectivity index (χ4v) is 3.21. The van der Waals surface area contributed by atoms with Crippen molar-refractivity contribution in [3.8, 4) is 0 Å². The zero-order valence-corrected chi connectivity index (χ0v) is 10.5. The SMILES string of the molecule is C=CCCNC(=O)N1CC2CCCC2C1C(=O)O. The number of nitrogens with one attached hydrogen (secondary N) is 1. The lowest BCUT2D eigenvalue weighted by atomic mass is 9.94. The van der Waals surface area contributed by atoms with E-state index >= 15 is 0 Å². The van der Waals surface area contributed by atoms with Crippen LogP contribution in [0.25, 0.3) is 0 Å². The lowest BCUT2D eigenvalue weighted by Gasteiger charge is -2.24. The van der Waals surface area contributed by atoms with E-state index in [0.29, 0.717) is 25.4 Å². The number of carbonyl (C=O) groups is 2. The second-order valence-corrected chi connectivity index (χ2v) is 5.10. The van der Waals surface area contributed by atoms with E-state index in [1.165, 1.54) is 4.90 Å². The van der Waals surface area contributed by atoms with Gasteiger partial charge < -0.3 is 15.3 Å². The van der Waals surface area contributed by atoms with Crippen molar-refractivity contribution in [2.45, 2.75) is 31.7 Å². The number of aliphatic carboxylic acids is 1. The van der Waals surface area contributed by atoms with Crippen LogP contribution in [0.5, 0.6) is 0 Å². The van der Waals surface area contributed by atoms with Crippen LogP contribution in [0.2, 0.25) is 0 Å². The highest BCUT2D eigenvalue weighted by atomic mass is 16.4. The van der Waals surface area contributed by atoms with Gasteiger partial charge in [-0.2, -0.15) is 0 Å². The number of carboxylic acid groups (broad SMARTS) is 1. The van der Waals surface area contributed by atoms with Gasteiger partial charge in [0.1, 0.15) is 6.04 Å². The molecule has 3 unspecified atom stereocenters. The van der Waals surface area contributed by atoms with E-state index < -0.39 is 12.0 Å². The minimum atomic E-state index is -0.872. The maximum absolute atomic E-state index is 12.0. The van der Waals surface area contributed by atoms with Crippen molar-refractivity contribution >= 4 is 12.0 Å². The molecule has 2 aliphatic rings. The standard InChI is InChI=1S/C13H20N2O3/c1-2-3-7-14-13(18)15-8-9-5-4-6-10(9)11(15)12(16)17/h2,9-11H,1,3-8H2,(H,14,18)(H,16,17). The van der Waals surface area contributed by atoms with E-state index in [1.54, 1.807) is 6.08 Å². The number of hydrogen-bond donors (Lipinski definition) is 2. The number of rotatable bonds is 4. The number of nitrogens with zero attached hydrogens (tertiary/aromatic N) is 1. The van der Waals surface area contributed by atoms with Crippen LogP contribution in [0.3, 0.4) is 0 Å². The Balaban J connectivity index is 2.00. The summed E-state index contributed by atoms with van der Waals surface area (Å²) in [5, 5.41) is 12.1. The number of likely N-dealkylation sites (tertiary alicyclic amines) is 1. The molecule has 2 amide bonds. The molecule has 3 atom stereocenters. The van der Waals surface area contributed by atoms with Gasteiger partial charge in [-0.1, -0.05) is 12.5 Å². The average Bonchev–Trinajstić information content (AvgIpc) is 2.87. The third-order valence-electron chi connectivity index (χ3n) is 4.03. The summed E-state index contributed by atoms with van der Waals surface area (Å²) in [4.78, 5) is 24.8. The van der Waals surface area contributed by atoms with Gasteiger partial charge in [-0.15, -0.1) is 6.58 Å². The number of amides is 2. The lowest BCUT2D eigenvalue weighted by molar-refractivity contribution is -0.142. The van der Waals surface area contributed by atoms with Gasteiger partial charge >= 0.3 is 12.0 Å². The molecule has 0 spiro atoms. The van der Waals surface area contributed by atoms with Gasteiger partial charge in [0.05, 0.1) is 0 Å². The van der Waals surface area contributed by atoms with Gasteiger partial charge in [0.15, 0.2) is 0 Å². The molecule has 1 saturated carbocycles. The molecule has 1 aliphatic carbocycles. The van der Waals surface area contributed by atoms with Crippen LogP contribution in [0.1, 0.15) is 25.7 Å². The molecule has 1 heterocycles. The third kappa shape index (κ3) is 2.35. The molecular weight excluding hydrogens is 232 g/mol. The topological polar surface area (TPSA) is 69.6 Å². The highest BCUT2D eigenvalue weighted by Gasteiger charge is 2.49. The number of hydrogen-bond acceptors (Lipinski definition) is 2. The quantitative estimate of drug-likeness (QED) is 0.588. The summed E-state index contributed by atoms with van der Waals surface area (Å²) in [5.74, 6) is -0.354. The summed E-state index contributed by atoms with van der Waals surface area (Å²) in [6.45, 7) is 4.68. The van der Waals surface area contributed by atoms with Gasteiger partial charge in [0.25, 0.3) is 0 Å². The van der Waals surface area contributed by atoms with E-state index in [2.05, 4.69) is 11.9 Å². The van der Waals surface area contributed by atoms with Crippen molar-refractivity contribution in [2.24, 2.45) is 11.8 Å². The van der Waals surface area contributed by atoms with Gasteiger partial charge in [-0.05, 0) is 31.1 Å². The van der Waals surface area contributed by atoms with Crippen molar-refractivity contribution in [3.05, 3.63) is 12.7 Å². The Labute approximate surface area is 107 Å². The first-order valence-electron chi connectivity index (χ1n) is 6.53. The summed E-state index contributed by atoms with van der Waals surface area (Å²) in [6, 6.07) is -0.889. The first-order chi connectivity index (χ1) is 8.65. The maximum atomic E-state index is 12.0. The highest BCUT2D eigenvalue weighted by Crippen LogP contribution is 2.42. The highest BCUT2D eigenvalue weighted by molar-refractivity contribution is 5.83. The Morgan fingerprint density at radius 1 is 1.44 bits per heavy atom. The molecule has 0 aromatic carbocycles. The van der Waals surface area contributed by atoms with Crippen molar-refractivity contribution in [1.29, 1.82) is 0 Å². The Bertz CT molecular complexity index is 356.